The molecule has 120 valence electrons. The number of carboxylic acids is 1. The number of carboxylic acid groups (broad SMARTS) is 1. The fourth-order valence-electron chi connectivity index (χ4n) is 2.97. The molecule has 2 atom stereocenters. The number of hydrogen-bond acceptors (Lipinski definition) is 5. The molecule has 21 heavy (non-hydrogen) atoms. The van der Waals surface area contributed by atoms with Crippen LogP contribution >= 0.6 is 0 Å². The van der Waals surface area contributed by atoms with E-state index >= 15 is 0 Å². The molecule has 1 amide bonds. The molecule has 0 radical (unpaired) electrons. The van der Waals surface area contributed by atoms with Gasteiger partial charge >= 0.3 is 5.97 Å². The van der Waals surface area contributed by atoms with E-state index in [1.54, 1.807) is 0 Å². The van der Waals surface area contributed by atoms with Gasteiger partial charge in [-0.25, -0.2) is 0 Å². The smallest absolute Gasteiger partial charge is 0.317 e. The Hall–Kier alpha value is -1.18. The molecule has 0 aromatic rings. The van der Waals surface area contributed by atoms with Crippen molar-refractivity contribution in [3.63, 3.8) is 0 Å². The normalized spacial score (nSPS) is 28.6. The fourth-order valence-corrected chi connectivity index (χ4v) is 2.97. The Morgan fingerprint density at radius 3 is 1.95 bits per heavy atom. The second kappa shape index (κ2) is 7.20. The lowest BCUT2D eigenvalue weighted by molar-refractivity contribution is -0.145. The van der Waals surface area contributed by atoms with Crippen molar-refractivity contribution in [3.8, 4) is 0 Å². The Balaban J connectivity index is 1.75. The minimum absolute atomic E-state index is 0.0836. The van der Waals surface area contributed by atoms with Gasteiger partial charge in [0, 0.05) is 39.3 Å². The van der Waals surface area contributed by atoms with Crippen LogP contribution in [0.4, 0.5) is 0 Å². The van der Waals surface area contributed by atoms with Crippen LogP contribution in [0.5, 0.6) is 0 Å². The summed E-state index contributed by atoms with van der Waals surface area (Å²) in [5.74, 6) is -0.653. The van der Waals surface area contributed by atoms with E-state index in [2.05, 4.69) is 4.90 Å². The number of ether oxygens (including phenoxy) is 1. The second-order valence-corrected chi connectivity index (χ2v) is 6.00. The molecular weight excluding hydrogens is 274 g/mol. The molecule has 0 aliphatic carbocycles. The van der Waals surface area contributed by atoms with Gasteiger partial charge in [0.15, 0.2) is 0 Å². The molecule has 0 bridgehead atoms. The quantitative estimate of drug-likeness (QED) is 0.742. The number of carbonyl (C=O) groups excluding carboxylic acids is 1. The average molecular weight is 299 g/mol. The topological polar surface area (TPSA) is 73.3 Å². The standard InChI is InChI=1S/C14H25N3O4/c1-11-7-17(8-12(2)21-11)13(18)9-15-3-5-16(6-4-15)10-14(19)20/h11-12H,3-10H2,1-2H3,(H,19,20). The summed E-state index contributed by atoms with van der Waals surface area (Å²) in [6.45, 7) is 8.68. The molecule has 2 rings (SSSR count). The van der Waals surface area contributed by atoms with Crippen molar-refractivity contribution >= 4 is 11.9 Å². The van der Waals surface area contributed by atoms with E-state index in [9.17, 15) is 9.59 Å². The average Bonchev–Trinajstić information content (AvgIpc) is 2.39. The van der Waals surface area contributed by atoms with Gasteiger partial charge in [-0.2, -0.15) is 0 Å². The van der Waals surface area contributed by atoms with Crippen LogP contribution in [0.1, 0.15) is 13.8 Å². The van der Waals surface area contributed by atoms with Gasteiger partial charge in [-0.3, -0.25) is 19.4 Å². The lowest BCUT2D eigenvalue weighted by Gasteiger charge is -2.38. The third-order valence-corrected chi connectivity index (χ3v) is 3.95. The molecule has 7 nitrogen and oxygen atoms in total. The van der Waals surface area contributed by atoms with Crippen molar-refractivity contribution in [3.05, 3.63) is 0 Å². The summed E-state index contributed by atoms with van der Waals surface area (Å²) in [6, 6.07) is 0. The summed E-state index contributed by atoms with van der Waals surface area (Å²) in [6.07, 6.45) is 0.176. The van der Waals surface area contributed by atoms with Crippen molar-refractivity contribution in [1.29, 1.82) is 0 Å². The Morgan fingerprint density at radius 2 is 1.48 bits per heavy atom. The first kappa shape index (κ1) is 16.2. The predicted octanol–water partition coefficient (Wildman–Crippen LogP) is -0.676. The summed E-state index contributed by atoms with van der Waals surface area (Å²) in [4.78, 5) is 28.9. The number of nitrogens with zero attached hydrogens (tertiary/aromatic N) is 3. The van der Waals surface area contributed by atoms with E-state index in [-0.39, 0.29) is 24.7 Å². The highest BCUT2D eigenvalue weighted by molar-refractivity contribution is 5.78. The second-order valence-electron chi connectivity index (χ2n) is 6.00. The van der Waals surface area contributed by atoms with Crippen molar-refractivity contribution in [1.82, 2.24) is 14.7 Å². The minimum atomic E-state index is -0.796. The van der Waals surface area contributed by atoms with E-state index < -0.39 is 5.97 Å². The molecule has 2 heterocycles. The highest BCUT2D eigenvalue weighted by atomic mass is 16.5. The van der Waals surface area contributed by atoms with E-state index in [0.717, 1.165) is 13.1 Å². The third-order valence-electron chi connectivity index (χ3n) is 3.95. The van der Waals surface area contributed by atoms with Gasteiger partial charge in [-0.15, -0.1) is 0 Å². The minimum Gasteiger partial charge on any atom is -0.480 e. The van der Waals surface area contributed by atoms with Crippen LogP contribution in [0.3, 0.4) is 0 Å². The molecule has 0 aromatic carbocycles. The first-order chi connectivity index (χ1) is 9.94. The monoisotopic (exact) mass is 299 g/mol. The molecule has 2 saturated heterocycles. The zero-order valence-electron chi connectivity index (χ0n) is 12.8. The SMILES string of the molecule is CC1CN(C(=O)CN2CCN(CC(=O)O)CC2)CC(C)O1. The first-order valence-corrected chi connectivity index (χ1v) is 7.53. The summed E-state index contributed by atoms with van der Waals surface area (Å²) < 4.78 is 5.64. The Morgan fingerprint density at radius 1 is 1.00 bits per heavy atom. The van der Waals surface area contributed by atoms with Gasteiger partial charge < -0.3 is 14.7 Å². The highest BCUT2D eigenvalue weighted by Gasteiger charge is 2.28. The summed E-state index contributed by atoms with van der Waals surface area (Å²) >= 11 is 0. The largest absolute Gasteiger partial charge is 0.480 e. The van der Waals surface area contributed by atoms with Gasteiger partial charge in [0.1, 0.15) is 0 Å². The maximum atomic E-state index is 12.3. The number of rotatable bonds is 4. The van der Waals surface area contributed by atoms with Crippen LogP contribution in [0.15, 0.2) is 0 Å². The highest BCUT2D eigenvalue weighted by Crippen LogP contribution is 2.11. The van der Waals surface area contributed by atoms with Crippen LogP contribution in [-0.2, 0) is 14.3 Å². The molecule has 7 heteroatoms. The van der Waals surface area contributed by atoms with Crippen molar-refractivity contribution in [2.24, 2.45) is 0 Å². The van der Waals surface area contributed by atoms with Crippen molar-refractivity contribution in [2.45, 2.75) is 26.1 Å². The number of carbonyl (C=O) groups is 2. The van der Waals surface area contributed by atoms with Crippen molar-refractivity contribution < 1.29 is 19.4 Å². The lowest BCUT2D eigenvalue weighted by Crippen LogP contribution is -2.54. The third kappa shape index (κ3) is 4.94. The molecule has 0 aromatic heterocycles. The number of piperazine rings is 1. The van der Waals surface area contributed by atoms with Crippen LogP contribution in [0.25, 0.3) is 0 Å². The number of morpholine rings is 1. The molecule has 2 aliphatic rings. The summed E-state index contributed by atoms with van der Waals surface area (Å²) in [5.41, 5.74) is 0. The van der Waals surface area contributed by atoms with Crippen LogP contribution in [-0.4, -0.2) is 96.2 Å². The number of amides is 1. The molecule has 0 spiro atoms. The number of aliphatic carboxylic acids is 1. The van der Waals surface area contributed by atoms with Gasteiger partial charge in [0.25, 0.3) is 0 Å². The zero-order chi connectivity index (χ0) is 15.4. The van der Waals surface area contributed by atoms with Gasteiger partial charge in [-0.1, -0.05) is 0 Å². The van der Waals surface area contributed by atoms with E-state index in [1.165, 1.54) is 0 Å². The molecule has 2 aliphatic heterocycles. The molecule has 2 unspecified atom stereocenters. The van der Waals surface area contributed by atoms with Gasteiger partial charge in [-0.05, 0) is 13.8 Å². The van der Waals surface area contributed by atoms with Gasteiger partial charge in [0.05, 0.1) is 25.3 Å². The first-order valence-electron chi connectivity index (χ1n) is 7.53. The van der Waals surface area contributed by atoms with Crippen LogP contribution in [0.2, 0.25) is 0 Å². The summed E-state index contributed by atoms with van der Waals surface area (Å²) in [5, 5.41) is 8.77. The van der Waals surface area contributed by atoms with E-state index in [4.69, 9.17) is 9.84 Å². The maximum absolute atomic E-state index is 12.3. The molecule has 0 saturated carbocycles. The lowest BCUT2D eigenvalue weighted by atomic mass is 10.2. The van der Waals surface area contributed by atoms with E-state index in [0.29, 0.717) is 32.7 Å². The maximum Gasteiger partial charge on any atom is 0.317 e. The van der Waals surface area contributed by atoms with E-state index in [1.807, 2.05) is 23.6 Å². The van der Waals surface area contributed by atoms with Gasteiger partial charge in [0.2, 0.25) is 5.91 Å². The molecule has 1 N–H and O–H groups in total. The van der Waals surface area contributed by atoms with Crippen LogP contribution in [0, 0.1) is 0 Å². The predicted molar refractivity (Wildman–Crippen MR) is 77.1 cm³/mol. The Labute approximate surface area is 125 Å². The fraction of sp³-hybridized carbons (Fsp3) is 0.857. The molecule has 2 fully saturated rings. The summed E-state index contributed by atoms with van der Waals surface area (Å²) in [7, 11) is 0. The Bertz CT molecular complexity index is 372. The molecular formula is C14H25N3O4. The van der Waals surface area contributed by atoms with Crippen LogP contribution < -0.4 is 0 Å². The number of hydrogen-bond donors (Lipinski definition) is 1. The zero-order valence-corrected chi connectivity index (χ0v) is 12.8. The van der Waals surface area contributed by atoms with Crippen molar-refractivity contribution in [2.75, 3.05) is 52.4 Å². The Kier molecular flexibility index (Phi) is 5.55.